The lowest BCUT2D eigenvalue weighted by Gasteiger charge is -2.33. The Kier molecular flexibility index (Phi) is 3.82. The highest BCUT2D eigenvalue weighted by Crippen LogP contribution is 2.33. The number of hydrogen-bond acceptors (Lipinski definition) is 4. The average Bonchev–Trinajstić information content (AvgIpc) is 2.71. The molecule has 6 nitrogen and oxygen atoms in total. The van der Waals surface area contributed by atoms with E-state index < -0.39 is 10.2 Å². The lowest BCUT2D eigenvalue weighted by Crippen LogP contribution is -2.52. The van der Waals surface area contributed by atoms with Crippen molar-refractivity contribution in [2.24, 2.45) is 0 Å². The maximum absolute atomic E-state index is 12.8. The van der Waals surface area contributed by atoms with E-state index in [1.54, 1.807) is 10.4 Å². The smallest absolute Gasteiger partial charge is 0.304 e. The van der Waals surface area contributed by atoms with Crippen molar-refractivity contribution >= 4 is 15.9 Å². The number of nitrogens with zero attached hydrogens (tertiary/aromatic N) is 2. The zero-order valence-corrected chi connectivity index (χ0v) is 12.1. The van der Waals surface area contributed by atoms with Crippen molar-refractivity contribution < 1.29 is 13.2 Å². The second-order valence-electron chi connectivity index (χ2n) is 4.90. The topological polar surface area (TPSA) is 61.9 Å². The largest absolute Gasteiger partial charge is 0.491 e. The minimum Gasteiger partial charge on any atom is -0.491 e. The number of hydrogen-bond donors (Lipinski definition) is 1. The Morgan fingerprint density at radius 1 is 1.10 bits per heavy atom. The van der Waals surface area contributed by atoms with Gasteiger partial charge in [-0.3, -0.25) is 4.31 Å². The molecule has 1 N–H and O–H groups in total. The van der Waals surface area contributed by atoms with Gasteiger partial charge in [0, 0.05) is 39.1 Å². The van der Waals surface area contributed by atoms with Gasteiger partial charge < -0.3 is 10.1 Å². The van der Waals surface area contributed by atoms with Crippen LogP contribution in [-0.4, -0.2) is 52.1 Å². The van der Waals surface area contributed by atoms with E-state index in [1.165, 1.54) is 4.31 Å². The molecule has 0 amide bonds. The molecule has 0 aliphatic carbocycles. The van der Waals surface area contributed by atoms with E-state index in [4.69, 9.17) is 4.74 Å². The van der Waals surface area contributed by atoms with Gasteiger partial charge in [-0.15, -0.1) is 0 Å². The highest BCUT2D eigenvalue weighted by Gasteiger charge is 2.33. The molecule has 2 heterocycles. The first-order valence-electron chi connectivity index (χ1n) is 6.90. The minimum absolute atomic E-state index is 0.462. The fourth-order valence-electron chi connectivity index (χ4n) is 2.55. The van der Waals surface area contributed by atoms with E-state index in [0.717, 1.165) is 0 Å². The quantitative estimate of drug-likeness (QED) is 0.860. The van der Waals surface area contributed by atoms with E-state index in [9.17, 15) is 8.42 Å². The van der Waals surface area contributed by atoms with Gasteiger partial charge in [-0.2, -0.15) is 12.7 Å². The summed E-state index contributed by atoms with van der Waals surface area (Å²) in [6.07, 6.45) is 0.694. The molecule has 0 spiro atoms. The Balaban J connectivity index is 1.96. The molecule has 0 unspecified atom stereocenters. The molecule has 2 aliphatic heterocycles. The third-order valence-electron chi connectivity index (χ3n) is 3.58. The summed E-state index contributed by atoms with van der Waals surface area (Å²) in [4.78, 5) is 0. The lowest BCUT2D eigenvalue weighted by molar-refractivity contribution is 0.322. The van der Waals surface area contributed by atoms with Gasteiger partial charge in [0.15, 0.2) is 0 Å². The molecule has 0 radical (unpaired) electrons. The molecular weight excluding hydrogens is 278 g/mol. The zero-order valence-electron chi connectivity index (χ0n) is 11.3. The molecule has 0 bridgehead atoms. The van der Waals surface area contributed by atoms with Crippen LogP contribution in [0.15, 0.2) is 24.3 Å². The Hall–Kier alpha value is -1.31. The lowest BCUT2D eigenvalue weighted by atomic mass is 10.3. The van der Waals surface area contributed by atoms with Crippen molar-refractivity contribution in [3.8, 4) is 5.75 Å². The highest BCUT2D eigenvalue weighted by atomic mass is 32.2. The van der Waals surface area contributed by atoms with Crippen LogP contribution in [0.1, 0.15) is 6.42 Å². The normalized spacial score (nSPS) is 20.9. The first-order valence-corrected chi connectivity index (χ1v) is 8.29. The van der Waals surface area contributed by atoms with Gasteiger partial charge in [-0.05, 0) is 12.1 Å². The predicted molar refractivity (Wildman–Crippen MR) is 77.3 cm³/mol. The van der Waals surface area contributed by atoms with Crippen molar-refractivity contribution in [3.05, 3.63) is 24.3 Å². The van der Waals surface area contributed by atoms with Crippen molar-refractivity contribution in [2.45, 2.75) is 6.42 Å². The standard InChI is InChI=1S/C13H19N3O3S/c17-20(18,15-9-6-14-7-10-15)16-8-3-11-19-13-5-2-1-4-12(13)16/h1-2,4-5,14H,3,6-11H2. The Morgan fingerprint density at radius 2 is 1.85 bits per heavy atom. The van der Waals surface area contributed by atoms with Crippen LogP contribution < -0.4 is 14.4 Å². The van der Waals surface area contributed by atoms with Gasteiger partial charge in [0.05, 0.1) is 12.3 Å². The van der Waals surface area contributed by atoms with Gasteiger partial charge in [0.1, 0.15) is 5.75 Å². The summed E-state index contributed by atoms with van der Waals surface area (Å²) in [6, 6.07) is 7.33. The third-order valence-corrected chi connectivity index (χ3v) is 5.53. The number of nitrogens with one attached hydrogen (secondary N) is 1. The summed E-state index contributed by atoms with van der Waals surface area (Å²) in [5, 5.41) is 3.17. The number of fused-ring (bicyclic) bond motifs is 1. The SMILES string of the molecule is O=S(=O)(N1CCNCC1)N1CCCOc2ccccc21. The molecule has 110 valence electrons. The molecule has 7 heteroatoms. The summed E-state index contributed by atoms with van der Waals surface area (Å²) < 4.78 is 34.3. The highest BCUT2D eigenvalue weighted by molar-refractivity contribution is 7.90. The summed E-state index contributed by atoms with van der Waals surface area (Å²) in [5.41, 5.74) is 0.642. The number of anilines is 1. The van der Waals surface area contributed by atoms with Crippen LogP contribution in [0.4, 0.5) is 5.69 Å². The van der Waals surface area contributed by atoms with Crippen molar-refractivity contribution in [1.82, 2.24) is 9.62 Å². The van der Waals surface area contributed by atoms with E-state index >= 15 is 0 Å². The summed E-state index contributed by atoms with van der Waals surface area (Å²) in [6.45, 7) is 3.44. The average molecular weight is 297 g/mol. The van der Waals surface area contributed by atoms with Crippen molar-refractivity contribution in [3.63, 3.8) is 0 Å². The van der Waals surface area contributed by atoms with Crippen molar-refractivity contribution in [1.29, 1.82) is 0 Å². The fraction of sp³-hybridized carbons (Fsp3) is 0.538. The van der Waals surface area contributed by atoms with Crippen LogP contribution >= 0.6 is 0 Å². The first kappa shape index (κ1) is 13.7. The molecule has 2 aliphatic rings. The van der Waals surface area contributed by atoms with E-state index in [-0.39, 0.29) is 0 Å². The van der Waals surface area contributed by atoms with E-state index in [2.05, 4.69) is 5.32 Å². The maximum atomic E-state index is 12.8. The molecule has 20 heavy (non-hydrogen) atoms. The molecule has 1 fully saturated rings. The Morgan fingerprint density at radius 3 is 2.65 bits per heavy atom. The maximum Gasteiger partial charge on any atom is 0.304 e. The Labute approximate surface area is 119 Å². The van der Waals surface area contributed by atoms with Crippen LogP contribution in [0.2, 0.25) is 0 Å². The molecule has 3 rings (SSSR count). The second kappa shape index (κ2) is 5.59. The van der Waals surface area contributed by atoms with Gasteiger partial charge in [0.25, 0.3) is 0 Å². The fourth-order valence-corrected chi connectivity index (χ4v) is 4.23. The number of piperazine rings is 1. The van der Waals surface area contributed by atoms with Crippen LogP contribution in [-0.2, 0) is 10.2 Å². The van der Waals surface area contributed by atoms with E-state index in [1.807, 2.05) is 18.2 Å². The minimum atomic E-state index is -3.48. The summed E-state index contributed by atoms with van der Waals surface area (Å²) in [5.74, 6) is 0.642. The molecule has 0 aromatic heterocycles. The molecule has 1 saturated heterocycles. The third kappa shape index (κ3) is 2.48. The van der Waals surface area contributed by atoms with Crippen LogP contribution in [0.5, 0.6) is 5.75 Å². The van der Waals surface area contributed by atoms with Gasteiger partial charge >= 0.3 is 10.2 Å². The summed E-state index contributed by atoms with van der Waals surface area (Å²) in [7, 11) is -3.48. The van der Waals surface area contributed by atoms with Crippen LogP contribution in [0.3, 0.4) is 0 Å². The molecule has 1 aromatic carbocycles. The van der Waals surface area contributed by atoms with Gasteiger partial charge in [-0.1, -0.05) is 12.1 Å². The molecule has 0 atom stereocenters. The van der Waals surface area contributed by atoms with Gasteiger partial charge in [0.2, 0.25) is 0 Å². The van der Waals surface area contributed by atoms with Crippen LogP contribution in [0.25, 0.3) is 0 Å². The number of ether oxygens (including phenoxy) is 1. The second-order valence-corrected chi connectivity index (χ2v) is 6.75. The number of rotatable bonds is 2. The van der Waals surface area contributed by atoms with Crippen LogP contribution in [0, 0.1) is 0 Å². The molecule has 0 saturated carbocycles. The predicted octanol–water partition coefficient (Wildman–Crippen LogP) is 0.425. The molecular formula is C13H19N3O3S. The monoisotopic (exact) mass is 297 g/mol. The zero-order chi connectivity index (χ0) is 14.0. The molecule has 1 aromatic rings. The summed E-state index contributed by atoms with van der Waals surface area (Å²) >= 11 is 0. The number of para-hydroxylation sites is 2. The van der Waals surface area contributed by atoms with Gasteiger partial charge in [-0.25, -0.2) is 0 Å². The number of benzene rings is 1. The van der Waals surface area contributed by atoms with E-state index in [0.29, 0.717) is 57.2 Å². The first-order chi connectivity index (χ1) is 9.69. The van der Waals surface area contributed by atoms with Crippen molar-refractivity contribution in [2.75, 3.05) is 43.6 Å². The Bertz CT molecular complexity index is 570.